The van der Waals surface area contributed by atoms with Gasteiger partial charge in [0.05, 0.1) is 11.2 Å². The number of carbonyl (C=O) groups excluding carboxylic acids is 2. The summed E-state index contributed by atoms with van der Waals surface area (Å²) in [5.41, 5.74) is -0.411. The number of ether oxygens (including phenoxy) is 2. The highest BCUT2D eigenvalue weighted by Crippen LogP contribution is 2.39. The van der Waals surface area contributed by atoms with Crippen molar-refractivity contribution in [2.45, 2.75) is 70.9 Å². The van der Waals surface area contributed by atoms with E-state index in [0.29, 0.717) is 11.7 Å². The molecule has 0 aromatic carbocycles. The van der Waals surface area contributed by atoms with Gasteiger partial charge in [0, 0.05) is 12.0 Å². The Labute approximate surface area is 142 Å². The van der Waals surface area contributed by atoms with Crippen molar-refractivity contribution < 1.29 is 23.6 Å². The summed E-state index contributed by atoms with van der Waals surface area (Å²) in [6.45, 7) is 8.90. The zero-order valence-corrected chi connectivity index (χ0v) is 15.0. The van der Waals surface area contributed by atoms with Gasteiger partial charge in [-0.05, 0) is 47.5 Å². The number of esters is 1. The van der Waals surface area contributed by atoms with Crippen molar-refractivity contribution in [1.29, 1.82) is 0 Å². The van der Waals surface area contributed by atoms with Gasteiger partial charge in [-0.2, -0.15) is 0 Å². The van der Waals surface area contributed by atoms with Crippen LogP contribution in [0.1, 0.15) is 64.8 Å². The minimum Gasteiger partial charge on any atom is -0.463 e. The molecule has 0 atom stereocenters. The quantitative estimate of drug-likeness (QED) is 0.802. The van der Waals surface area contributed by atoms with E-state index in [4.69, 9.17) is 14.0 Å². The second-order valence-electron chi connectivity index (χ2n) is 7.84. The van der Waals surface area contributed by atoms with Crippen molar-refractivity contribution in [3.05, 3.63) is 17.5 Å². The summed E-state index contributed by atoms with van der Waals surface area (Å²) < 4.78 is 15.6. The molecule has 1 heterocycles. The zero-order valence-electron chi connectivity index (χ0n) is 15.0. The van der Waals surface area contributed by atoms with Crippen LogP contribution in [0.15, 0.2) is 10.6 Å². The second-order valence-corrected chi connectivity index (χ2v) is 7.84. The molecule has 7 nitrogen and oxygen atoms in total. The molecular formula is C17H26N2O5. The van der Waals surface area contributed by atoms with E-state index < -0.39 is 23.2 Å². The molecule has 1 aliphatic rings. The average Bonchev–Trinajstić information content (AvgIpc) is 3.15. The lowest BCUT2D eigenvalue weighted by molar-refractivity contribution is -0.145. The molecule has 24 heavy (non-hydrogen) atoms. The first-order chi connectivity index (χ1) is 11.0. The molecule has 1 N–H and O–H groups in total. The van der Waals surface area contributed by atoms with Crippen molar-refractivity contribution in [2.24, 2.45) is 0 Å². The van der Waals surface area contributed by atoms with Crippen molar-refractivity contribution >= 4 is 12.1 Å². The first kappa shape index (κ1) is 18.3. The van der Waals surface area contributed by atoms with Crippen LogP contribution in [0.4, 0.5) is 4.79 Å². The molecule has 0 bridgehead atoms. The molecule has 1 fully saturated rings. The lowest BCUT2D eigenvalue weighted by Gasteiger charge is -2.28. The Morgan fingerprint density at radius 3 is 2.54 bits per heavy atom. The Balaban J connectivity index is 1.75. The predicted molar refractivity (Wildman–Crippen MR) is 86.6 cm³/mol. The number of carbonyl (C=O) groups is 2. The van der Waals surface area contributed by atoms with Crippen LogP contribution in [0.25, 0.3) is 0 Å². The molecule has 1 amide bonds. The molecule has 7 heteroatoms. The van der Waals surface area contributed by atoms with E-state index in [2.05, 4.69) is 10.5 Å². The van der Waals surface area contributed by atoms with E-state index in [0.717, 1.165) is 18.5 Å². The highest BCUT2D eigenvalue weighted by Gasteiger charge is 2.28. The lowest BCUT2D eigenvalue weighted by Crippen LogP contribution is -2.49. The summed E-state index contributed by atoms with van der Waals surface area (Å²) in [4.78, 5) is 23.7. The van der Waals surface area contributed by atoms with Gasteiger partial charge in [-0.1, -0.05) is 5.16 Å². The van der Waals surface area contributed by atoms with Crippen LogP contribution in [0.5, 0.6) is 0 Å². The third-order valence-corrected chi connectivity index (χ3v) is 3.32. The number of hydrogen-bond acceptors (Lipinski definition) is 6. The molecule has 134 valence electrons. The van der Waals surface area contributed by atoms with Crippen LogP contribution in [0, 0.1) is 0 Å². The highest BCUT2D eigenvalue weighted by atomic mass is 16.6. The van der Waals surface area contributed by atoms with E-state index in [9.17, 15) is 9.59 Å². The van der Waals surface area contributed by atoms with Crippen LogP contribution in [0.3, 0.4) is 0 Å². The molecule has 0 aliphatic heterocycles. The summed E-state index contributed by atoms with van der Waals surface area (Å²) in [5, 5.41) is 6.64. The van der Waals surface area contributed by atoms with E-state index in [-0.39, 0.29) is 13.0 Å². The van der Waals surface area contributed by atoms with Crippen molar-refractivity contribution in [3.63, 3.8) is 0 Å². The average molecular weight is 338 g/mol. The lowest BCUT2D eigenvalue weighted by atomic mass is 10.1. The number of nitrogens with one attached hydrogen (secondary N) is 1. The highest BCUT2D eigenvalue weighted by molar-refractivity contribution is 5.72. The van der Waals surface area contributed by atoms with Crippen molar-refractivity contribution in [1.82, 2.24) is 10.5 Å². The van der Waals surface area contributed by atoms with E-state index in [1.165, 1.54) is 0 Å². The third kappa shape index (κ3) is 6.22. The molecule has 1 aromatic heterocycles. The monoisotopic (exact) mass is 338 g/mol. The number of amides is 1. The van der Waals surface area contributed by atoms with Crippen molar-refractivity contribution in [2.75, 3.05) is 6.61 Å². The third-order valence-electron chi connectivity index (χ3n) is 3.32. The fraction of sp³-hybridized carbons (Fsp3) is 0.706. The first-order valence-corrected chi connectivity index (χ1v) is 8.16. The number of hydrogen-bond donors (Lipinski definition) is 1. The summed E-state index contributed by atoms with van der Waals surface area (Å²) in [5.74, 6) is 0.558. The fourth-order valence-corrected chi connectivity index (χ4v) is 2.05. The Hall–Kier alpha value is -2.05. The van der Waals surface area contributed by atoms with Gasteiger partial charge in [-0.3, -0.25) is 4.79 Å². The van der Waals surface area contributed by atoms with Crippen molar-refractivity contribution in [3.8, 4) is 0 Å². The van der Waals surface area contributed by atoms with Gasteiger partial charge in [0.25, 0.3) is 0 Å². The molecule has 0 saturated heterocycles. The van der Waals surface area contributed by atoms with Crippen LogP contribution in [0.2, 0.25) is 0 Å². The van der Waals surface area contributed by atoms with E-state index >= 15 is 0 Å². The SMILES string of the molecule is CC(C)(COC(=O)Cc1cc(C2CC2)no1)NC(=O)OC(C)(C)C. The largest absolute Gasteiger partial charge is 0.463 e. The topological polar surface area (TPSA) is 90.7 Å². The maximum atomic E-state index is 11.9. The predicted octanol–water partition coefficient (Wildman–Crippen LogP) is 2.94. The summed E-state index contributed by atoms with van der Waals surface area (Å²) in [6, 6.07) is 1.81. The molecule has 0 unspecified atom stereocenters. The van der Waals surface area contributed by atoms with Crippen LogP contribution >= 0.6 is 0 Å². The number of alkyl carbamates (subject to hydrolysis) is 1. The maximum absolute atomic E-state index is 11.9. The summed E-state index contributed by atoms with van der Waals surface area (Å²) >= 11 is 0. The maximum Gasteiger partial charge on any atom is 0.408 e. The van der Waals surface area contributed by atoms with Gasteiger partial charge in [-0.25, -0.2) is 4.79 Å². The standard InChI is InChI=1S/C17H26N2O5/c1-16(2,3)23-15(21)18-17(4,5)10-22-14(20)9-12-8-13(19-24-12)11-6-7-11/h8,11H,6-7,9-10H2,1-5H3,(H,18,21). The Morgan fingerprint density at radius 2 is 1.96 bits per heavy atom. The molecular weight excluding hydrogens is 312 g/mol. The fourth-order valence-electron chi connectivity index (χ4n) is 2.05. The Kier molecular flexibility index (Phi) is 5.20. The van der Waals surface area contributed by atoms with Gasteiger partial charge in [0.2, 0.25) is 0 Å². The normalized spacial score (nSPS) is 15.0. The van der Waals surface area contributed by atoms with Crippen LogP contribution in [-0.4, -0.2) is 35.0 Å². The summed E-state index contributed by atoms with van der Waals surface area (Å²) in [7, 11) is 0. The minimum absolute atomic E-state index is 0.0300. The van der Waals surface area contributed by atoms with Gasteiger partial charge in [-0.15, -0.1) is 0 Å². The Morgan fingerprint density at radius 1 is 1.29 bits per heavy atom. The van der Waals surface area contributed by atoms with E-state index in [1.807, 2.05) is 6.07 Å². The molecule has 1 aromatic rings. The van der Waals surface area contributed by atoms with Gasteiger partial charge in [0.15, 0.2) is 0 Å². The molecule has 2 rings (SSSR count). The number of aromatic nitrogens is 1. The smallest absolute Gasteiger partial charge is 0.408 e. The number of rotatable bonds is 6. The van der Waals surface area contributed by atoms with Gasteiger partial charge in [0.1, 0.15) is 24.4 Å². The zero-order chi connectivity index (χ0) is 18.0. The number of nitrogens with zero attached hydrogens (tertiary/aromatic N) is 1. The van der Waals surface area contributed by atoms with Crippen LogP contribution < -0.4 is 5.32 Å². The second kappa shape index (κ2) is 6.83. The molecule has 1 aliphatic carbocycles. The van der Waals surface area contributed by atoms with Gasteiger partial charge < -0.3 is 19.3 Å². The van der Waals surface area contributed by atoms with E-state index in [1.54, 1.807) is 34.6 Å². The van der Waals surface area contributed by atoms with Gasteiger partial charge >= 0.3 is 12.1 Å². The minimum atomic E-state index is -0.738. The van der Waals surface area contributed by atoms with Crippen LogP contribution in [-0.2, 0) is 20.7 Å². The Bertz CT molecular complexity index is 596. The first-order valence-electron chi connectivity index (χ1n) is 8.16. The molecule has 0 spiro atoms. The molecule has 1 saturated carbocycles. The molecule has 0 radical (unpaired) electrons. The summed E-state index contributed by atoms with van der Waals surface area (Å²) in [6.07, 6.45) is 1.73.